The van der Waals surface area contributed by atoms with Crippen LogP contribution < -0.4 is 20.5 Å². The molecule has 5 heteroatoms. The molecule has 0 spiro atoms. The van der Waals surface area contributed by atoms with Gasteiger partial charge in [-0.25, -0.2) is 10.9 Å². The molecule has 1 fully saturated rings. The van der Waals surface area contributed by atoms with E-state index in [-0.39, 0.29) is 6.04 Å². The predicted molar refractivity (Wildman–Crippen MR) is 117 cm³/mol. The lowest BCUT2D eigenvalue weighted by molar-refractivity contribution is 0.400. The highest BCUT2D eigenvalue weighted by molar-refractivity contribution is 6.30. The number of benzene rings is 3. The van der Waals surface area contributed by atoms with Crippen LogP contribution in [0.1, 0.15) is 28.8 Å². The van der Waals surface area contributed by atoms with E-state index in [1.54, 1.807) is 7.11 Å². The van der Waals surface area contributed by atoms with Gasteiger partial charge in [-0.15, -0.1) is 0 Å². The van der Waals surface area contributed by atoms with Crippen LogP contribution in [0.4, 0.5) is 5.69 Å². The zero-order chi connectivity index (χ0) is 19.8. The highest BCUT2D eigenvalue weighted by atomic mass is 35.5. The van der Waals surface area contributed by atoms with Crippen LogP contribution in [-0.4, -0.2) is 13.7 Å². The molecule has 148 valence electrons. The Morgan fingerprint density at radius 2 is 1.66 bits per heavy atom. The predicted octanol–water partition coefficient (Wildman–Crippen LogP) is 4.88. The van der Waals surface area contributed by atoms with Crippen LogP contribution in [0.15, 0.2) is 72.8 Å². The van der Waals surface area contributed by atoms with Crippen LogP contribution in [0.5, 0.6) is 5.75 Å². The first-order valence-corrected chi connectivity index (χ1v) is 10.3. The molecular weight excluding hydrogens is 382 g/mol. The Bertz CT molecular complexity index is 990. The van der Waals surface area contributed by atoms with Crippen molar-refractivity contribution in [2.75, 3.05) is 18.6 Å². The number of rotatable bonds is 4. The van der Waals surface area contributed by atoms with Crippen molar-refractivity contribution in [2.24, 2.45) is 5.92 Å². The Balaban J connectivity index is 1.46. The molecule has 2 aliphatic rings. The number of hydrazine groups is 1. The molecule has 2 heterocycles. The fourth-order valence-electron chi connectivity index (χ4n) is 4.60. The van der Waals surface area contributed by atoms with Crippen molar-refractivity contribution < 1.29 is 4.74 Å². The third-order valence-corrected chi connectivity index (χ3v) is 6.31. The lowest BCUT2D eigenvalue weighted by atomic mass is 9.82. The summed E-state index contributed by atoms with van der Waals surface area (Å²) in [6, 6.07) is 25.8. The van der Waals surface area contributed by atoms with E-state index in [0.29, 0.717) is 12.0 Å². The van der Waals surface area contributed by atoms with E-state index < -0.39 is 0 Å². The fourth-order valence-corrected chi connectivity index (χ4v) is 4.72. The summed E-state index contributed by atoms with van der Waals surface area (Å²) < 4.78 is 5.32. The number of ether oxygens (including phenoxy) is 1. The van der Waals surface area contributed by atoms with E-state index in [1.807, 2.05) is 24.3 Å². The number of halogens is 1. The van der Waals surface area contributed by atoms with E-state index >= 15 is 0 Å². The van der Waals surface area contributed by atoms with E-state index in [0.717, 1.165) is 23.9 Å². The van der Waals surface area contributed by atoms with Gasteiger partial charge in [-0.2, -0.15) is 0 Å². The van der Waals surface area contributed by atoms with E-state index in [1.165, 1.54) is 22.4 Å². The maximum atomic E-state index is 6.08. The van der Waals surface area contributed by atoms with Crippen molar-refractivity contribution in [3.8, 4) is 5.75 Å². The Morgan fingerprint density at radius 3 is 2.41 bits per heavy atom. The van der Waals surface area contributed by atoms with Crippen LogP contribution in [0.3, 0.4) is 0 Å². The molecule has 5 rings (SSSR count). The molecule has 0 aliphatic carbocycles. The number of methoxy groups -OCH3 is 1. The van der Waals surface area contributed by atoms with Gasteiger partial charge in [0.1, 0.15) is 5.75 Å². The third kappa shape index (κ3) is 3.48. The SMILES string of the molecule is COc1ccc(C2NNC3c4ccccc4N(Cc4ccc(Cl)cc4)CC23)cc1. The van der Waals surface area contributed by atoms with Gasteiger partial charge in [-0.3, -0.25) is 0 Å². The molecule has 3 atom stereocenters. The molecule has 29 heavy (non-hydrogen) atoms. The lowest BCUT2D eigenvalue weighted by Crippen LogP contribution is -2.39. The molecule has 0 aromatic heterocycles. The summed E-state index contributed by atoms with van der Waals surface area (Å²) in [4.78, 5) is 2.49. The molecule has 0 saturated carbocycles. The minimum absolute atomic E-state index is 0.243. The molecular formula is C24H24ClN3O. The van der Waals surface area contributed by atoms with Crippen molar-refractivity contribution >= 4 is 17.3 Å². The average Bonchev–Trinajstić information content (AvgIpc) is 3.19. The van der Waals surface area contributed by atoms with Gasteiger partial charge in [0.2, 0.25) is 0 Å². The van der Waals surface area contributed by atoms with Crippen LogP contribution >= 0.6 is 11.6 Å². The van der Waals surface area contributed by atoms with Crippen molar-refractivity contribution in [3.05, 3.63) is 94.5 Å². The average molecular weight is 406 g/mol. The lowest BCUT2D eigenvalue weighted by Gasteiger charge is -2.39. The number of para-hydroxylation sites is 1. The van der Waals surface area contributed by atoms with Gasteiger partial charge in [0.25, 0.3) is 0 Å². The van der Waals surface area contributed by atoms with Gasteiger partial charge < -0.3 is 9.64 Å². The number of fused-ring (bicyclic) bond motifs is 3. The van der Waals surface area contributed by atoms with Crippen molar-refractivity contribution in [3.63, 3.8) is 0 Å². The zero-order valence-electron chi connectivity index (χ0n) is 16.3. The summed E-state index contributed by atoms with van der Waals surface area (Å²) >= 11 is 6.08. The number of hydrogen-bond acceptors (Lipinski definition) is 4. The van der Waals surface area contributed by atoms with Gasteiger partial charge in [0.15, 0.2) is 0 Å². The first kappa shape index (κ1) is 18.5. The first-order valence-electron chi connectivity index (χ1n) is 9.96. The zero-order valence-corrected chi connectivity index (χ0v) is 17.1. The number of hydrogen-bond donors (Lipinski definition) is 2. The van der Waals surface area contributed by atoms with Crippen LogP contribution in [0.2, 0.25) is 5.02 Å². The topological polar surface area (TPSA) is 36.5 Å². The van der Waals surface area contributed by atoms with E-state index in [2.05, 4.69) is 64.3 Å². The summed E-state index contributed by atoms with van der Waals surface area (Å²) in [6.07, 6.45) is 0. The molecule has 3 aromatic carbocycles. The van der Waals surface area contributed by atoms with Crippen LogP contribution in [-0.2, 0) is 6.54 Å². The molecule has 0 bridgehead atoms. The first-order chi connectivity index (χ1) is 14.2. The van der Waals surface area contributed by atoms with Crippen LogP contribution in [0, 0.1) is 5.92 Å². The molecule has 2 aliphatic heterocycles. The van der Waals surface area contributed by atoms with Crippen molar-refractivity contribution in [2.45, 2.75) is 18.6 Å². The normalized spacial score (nSPS) is 22.8. The second kappa shape index (κ2) is 7.71. The Kier molecular flexibility index (Phi) is 4.92. The molecule has 3 aromatic rings. The van der Waals surface area contributed by atoms with E-state index in [9.17, 15) is 0 Å². The van der Waals surface area contributed by atoms with Crippen molar-refractivity contribution in [1.82, 2.24) is 10.9 Å². The van der Waals surface area contributed by atoms with Crippen molar-refractivity contribution in [1.29, 1.82) is 0 Å². The fraction of sp³-hybridized carbons (Fsp3) is 0.250. The van der Waals surface area contributed by atoms with Gasteiger partial charge in [-0.1, -0.05) is 54.1 Å². The smallest absolute Gasteiger partial charge is 0.118 e. The standard InChI is InChI=1S/C24H24ClN3O/c1-29-19-12-8-17(9-13-19)23-21-15-28(14-16-6-10-18(25)11-7-16)22-5-3-2-4-20(22)24(21)27-26-23/h2-13,21,23-24,26-27H,14-15H2,1H3. The number of nitrogens with zero attached hydrogens (tertiary/aromatic N) is 1. The Labute approximate surface area is 176 Å². The molecule has 4 nitrogen and oxygen atoms in total. The number of anilines is 1. The summed E-state index contributed by atoms with van der Waals surface area (Å²) in [5.41, 5.74) is 12.3. The number of nitrogens with one attached hydrogen (secondary N) is 2. The molecule has 0 radical (unpaired) electrons. The van der Waals surface area contributed by atoms with E-state index in [4.69, 9.17) is 16.3 Å². The monoisotopic (exact) mass is 405 g/mol. The largest absolute Gasteiger partial charge is 0.497 e. The summed E-state index contributed by atoms with van der Waals surface area (Å²) in [5, 5.41) is 0.775. The quantitative estimate of drug-likeness (QED) is 0.649. The molecule has 1 saturated heterocycles. The highest BCUT2D eigenvalue weighted by Crippen LogP contribution is 2.45. The third-order valence-electron chi connectivity index (χ3n) is 6.06. The van der Waals surface area contributed by atoms with Gasteiger partial charge in [0, 0.05) is 29.7 Å². The van der Waals surface area contributed by atoms with Crippen LogP contribution in [0.25, 0.3) is 0 Å². The Hall–Kier alpha value is -2.53. The summed E-state index contributed by atoms with van der Waals surface area (Å²) in [7, 11) is 1.70. The second-order valence-electron chi connectivity index (χ2n) is 7.75. The van der Waals surface area contributed by atoms with Gasteiger partial charge >= 0.3 is 0 Å². The minimum atomic E-state index is 0.243. The van der Waals surface area contributed by atoms with Gasteiger partial charge in [0.05, 0.1) is 19.2 Å². The summed E-state index contributed by atoms with van der Waals surface area (Å²) in [5.74, 6) is 1.31. The second-order valence-corrected chi connectivity index (χ2v) is 8.18. The molecule has 0 amide bonds. The van der Waals surface area contributed by atoms with Gasteiger partial charge in [-0.05, 0) is 47.0 Å². The maximum absolute atomic E-state index is 6.08. The molecule has 2 N–H and O–H groups in total. The maximum Gasteiger partial charge on any atom is 0.118 e. The molecule has 3 unspecified atom stereocenters. The highest BCUT2D eigenvalue weighted by Gasteiger charge is 2.43. The summed E-state index contributed by atoms with van der Waals surface area (Å²) in [6.45, 7) is 1.84. The minimum Gasteiger partial charge on any atom is -0.497 e. The Morgan fingerprint density at radius 1 is 0.931 bits per heavy atom.